The molecule has 2 rings (SSSR count). The zero-order valence-corrected chi connectivity index (χ0v) is 12.0. The van der Waals surface area contributed by atoms with Crippen molar-refractivity contribution in [2.24, 2.45) is 0 Å². The first-order valence-electron chi connectivity index (χ1n) is 5.89. The Kier molecular flexibility index (Phi) is 4.86. The van der Waals surface area contributed by atoms with Crippen LogP contribution in [0.5, 0.6) is 0 Å². The second-order valence-corrected chi connectivity index (χ2v) is 5.73. The van der Waals surface area contributed by atoms with Crippen LogP contribution in [0.4, 0.5) is 4.39 Å². The normalized spacial score (nSPS) is 12.4. The molecular weight excluding hydrogens is 283 g/mol. The zero-order valence-electron chi connectivity index (χ0n) is 10.4. The highest BCUT2D eigenvalue weighted by atomic mass is 35.5. The van der Waals surface area contributed by atoms with Crippen molar-refractivity contribution >= 4 is 23.4 Å². The molecule has 0 bridgehead atoms. The Labute approximate surface area is 121 Å². The summed E-state index contributed by atoms with van der Waals surface area (Å²) >= 11 is 7.53. The fraction of sp³-hybridized carbons (Fsp3) is 0.200. The summed E-state index contributed by atoms with van der Waals surface area (Å²) in [4.78, 5) is 0.932. The number of hydrogen-bond donors (Lipinski definition) is 1. The lowest BCUT2D eigenvalue weighted by molar-refractivity contribution is 0.204. The van der Waals surface area contributed by atoms with E-state index in [0.717, 1.165) is 10.5 Å². The van der Waals surface area contributed by atoms with Gasteiger partial charge in [-0.25, -0.2) is 4.39 Å². The molecule has 0 aliphatic rings. The third kappa shape index (κ3) is 3.72. The van der Waals surface area contributed by atoms with Gasteiger partial charge in [0.15, 0.2) is 0 Å². The summed E-state index contributed by atoms with van der Waals surface area (Å²) in [6, 6.07) is 12.2. The van der Waals surface area contributed by atoms with Gasteiger partial charge in [0.05, 0.1) is 11.1 Å². The largest absolute Gasteiger partial charge is 0.388 e. The minimum absolute atomic E-state index is 0.255. The molecule has 1 N–H and O–H groups in total. The monoisotopic (exact) mass is 296 g/mol. The predicted octanol–water partition coefficient (Wildman–Crippen LogP) is 4.61. The minimum Gasteiger partial charge on any atom is -0.388 e. The average Bonchev–Trinajstić information content (AvgIpc) is 2.40. The lowest BCUT2D eigenvalue weighted by atomic mass is 10.1. The van der Waals surface area contributed by atoms with E-state index < -0.39 is 6.10 Å². The van der Waals surface area contributed by atoms with Gasteiger partial charge in [-0.2, -0.15) is 0 Å². The second kappa shape index (κ2) is 6.42. The SMILES string of the molecule is Cc1cc(C(O)CSc2ccccc2Cl)ccc1F. The Balaban J connectivity index is 2.03. The lowest BCUT2D eigenvalue weighted by Crippen LogP contribution is -2.01. The van der Waals surface area contributed by atoms with Crippen molar-refractivity contribution in [2.45, 2.75) is 17.9 Å². The number of aryl methyl sites for hydroxylation is 1. The van der Waals surface area contributed by atoms with Gasteiger partial charge in [-0.1, -0.05) is 35.9 Å². The first kappa shape index (κ1) is 14.4. The van der Waals surface area contributed by atoms with Gasteiger partial charge in [-0.3, -0.25) is 0 Å². The van der Waals surface area contributed by atoms with Gasteiger partial charge in [0.25, 0.3) is 0 Å². The molecule has 2 aromatic rings. The Morgan fingerprint density at radius 1 is 1.26 bits per heavy atom. The highest BCUT2D eigenvalue weighted by Crippen LogP contribution is 2.30. The quantitative estimate of drug-likeness (QED) is 0.831. The van der Waals surface area contributed by atoms with Gasteiger partial charge in [0.2, 0.25) is 0 Å². The molecular formula is C15H14ClFOS. The highest BCUT2D eigenvalue weighted by molar-refractivity contribution is 7.99. The summed E-state index contributed by atoms with van der Waals surface area (Å²) in [7, 11) is 0. The number of halogens is 2. The second-order valence-electron chi connectivity index (χ2n) is 4.27. The topological polar surface area (TPSA) is 20.2 Å². The molecule has 0 saturated heterocycles. The standard InChI is InChI=1S/C15H14ClFOS/c1-10-8-11(6-7-13(10)17)14(18)9-19-15-5-3-2-4-12(15)16/h2-8,14,18H,9H2,1H3. The van der Waals surface area contributed by atoms with Crippen molar-refractivity contribution in [2.75, 3.05) is 5.75 Å². The molecule has 19 heavy (non-hydrogen) atoms. The Hall–Kier alpha value is -1.03. The van der Waals surface area contributed by atoms with E-state index in [9.17, 15) is 9.50 Å². The molecule has 0 radical (unpaired) electrons. The van der Waals surface area contributed by atoms with Crippen molar-refractivity contribution in [1.82, 2.24) is 0 Å². The van der Waals surface area contributed by atoms with Gasteiger partial charge < -0.3 is 5.11 Å². The van der Waals surface area contributed by atoms with Crippen LogP contribution in [0.2, 0.25) is 5.02 Å². The van der Waals surface area contributed by atoms with Crippen LogP contribution < -0.4 is 0 Å². The summed E-state index contributed by atoms with van der Waals surface area (Å²) in [5, 5.41) is 10.8. The number of hydrogen-bond acceptors (Lipinski definition) is 2. The first-order valence-corrected chi connectivity index (χ1v) is 7.25. The molecule has 0 spiro atoms. The van der Waals surface area contributed by atoms with Crippen LogP contribution in [0.3, 0.4) is 0 Å². The molecule has 0 fully saturated rings. The number of rotatable bonds is 4. The zero-order chi connectivity index (χ0) is 13.8. The van der Waals surface area contributed by atoms with Crippen molar-refractivity contribution in [1.29, 1.82) is 0 Å². The van der Waals surface area contributed by atoms with E-state index in [4.69, 9.17) is 11.6 Å². The summed E-state index contributed by atoms with van der Waals surface area (Å²) in [6.45, 7) is 1.69. The molecule has 1 atom stereocenters. The molecule has 0 heterocycles. The Bertz CT molecular complexity index is 574. The first-order chi connectivity index (χ1) is 9.08. The molecule has 0 amide bonds. The maximum atomic E-state index is 13.2. The van der Waals surface area contributed by atoms with E-state index >= 15 is 0 Å². The van der Waals surface area contributed by atoms with Crippen LogP contribution in [0.25, 0.3) is 0 Å². The molecule has 1 unspecified atom stereocenters. The van der Waals surface area contributed by atoms with Crippen LogP contribution in [-0.4, -0.2) is 10.9 Å². The summed E-state index contributed by atoms with van der Waals surface area (Å²) < 4.78 is 13.2. The van der Waals surface area contributed by atoms with E-state index in [1.54, 1.807) is 19.1 Å². The maximum Gasteiger partial charge on any atom is 0.126 e. The van der Waals surface area contributed by atoms with E-state index in [2.05, 4.69) is 0 Å². The summed E-state index contributed by atoms with van der Waals surface area (Å²) in [5.74, 6) is 0.226. The van der Waals surface area contributed by atoms with E-state index in [1.165, 1.54) is 17.8 Å². The lowest BCUT2D eigenvalue weighted by Gasteiger charge is -2.12. The van der Waals surface area contributed by atoms with E-state index in [-0.39, 0.29) is 5.82 Å². The number of benzene rings is 2. The third-order valence-electron chi connectivity index (χ3n) is 2.80. The maximum absolute atomic E-state index is 13.2. The van der Waals surface area contributed by atoms with Crippen molar-refractivity contribution in [3.05, 3.63) is 64.4 Å². The molecule has 0 aliphatic carbocycles. The van der Waals surface area contributed by atoms with Crippen LogP contribution in [-0.2, 0) is 0 Å². The number of aliphatic hydroxyl groups is 1. The van der Waals surface area contributed by atoms with Gasteiger partial charge in [0, 0.05) is 10.6 Å². The van der Waals surface area contributed by atoms with Crippen molar-refractivity contribution < 1.29 is 9.50 Å². The smallest absolute Gasteiger partial charge is 0.126 e. The number of thioether (sulfide) groups is 1. The summed E-state index contributed by atoms with van der Waals surface area (Å²) in [6.07, 6.45) is -0.638. The molecule has 1 nitrogen and oxygen atoms in total. The highest BCUT2D eigenvalue weighted by Gasteiger charge is 2.11. The molecule has 0 aromatic heterocycles. The molecule has 4 heteroatoms. The van der Waals surface area contributed by atoms with E-state index in [1.807, 2.05) is 24.3 Å². The predicted molar refractivity (Wildman–Crippen MR) is 78.3 cm³/mol. The van der Waals surface area contributed by atoms with Gasteiger partial charge >= 0.3 is 0 Å². The molecule has 2 aromatic carbocycles. The summed E-state index contributed by atoms with van der Waals surface area (Å²) in [5.41, 5.74) is 1.26. The Morgan fingerprint density at radius 2 is 2.00 bits per heavy atom. The number of aliphatic hydroxyl groups excluding tert-OH is 1. The minimum atomic E-state index is -0.638. The Morgan fingerprint density at radius 3 is 2.68 bits per heavy atom. The van der Waals surface area contributed by atoms with Gasteiger partial charge in [0.1, 0.15) is 5.82 Å². The van der Waals surface area contributed by atoms with Gasteiger partial charge in [-0.15, -0.1) is 11.8 Å². The molecule has 0 saturated carbocycles. The van der Waals surface area contributed by atoms with Crippen LogP contribution >= 0.6 is 23.4 Å². The van der Waals surface area contributed by atoms with Crippen LogP contribution in [0.15, 0.2) is 47.4 Å². The third-order valence-corrected chi connectivity index (χ3v) is 4.39. The molecule has 100 valence electrons. The van der Waals surface area contributed by atoms with Gasteiger partial charge in [-0.05, 0) is 36.2 Å². The van der Waals surface area contributed by atoms with Crippen LogP contribution in [0.1, 0.15) is 17.2 Å². The van der Waals surface area contributed by atoms with Crippen molar-refractivity contribution in [3.63, 3.8) is 0 Å². The van der Waals surface area contributed by atoms with Crippen molar-refractivity contribution in [3.8, 4) is 0 Å². The van der Waals surface area contributed by atoms with E-state index in [0.29, 0.717) is 16.3 Å². The fourth-order valence-electron chi connectivity index (χ4n) is 1.70. The average molecular weight is 297 g/mol. The van der Waals surface area contributed by atoms with Crippen LogP contribution in [0, 0.1) is 12.7 Å². The molecule has 0 aliphatic heterocycles. The fourth-order valence-corrected chi connectivity index (χ4v) is 2.91.